The van der Waals surface area contributed by atoms with E-state index in [4.69, 9.17) is 0 Å². The van der Waals surface area contributed by atoms with Gasteiger partial charge in [0.05, 0.1) is 0 Å². The Hall–Kier alpha value is -2.50. The lowest BCUT2D eigenvalue weighted by Gasteiger charge is -2.19. The zero-order chi connectivity index (χ0) is 17.4. The van der Waals surface area contributed by atoms with Crippen LogP contribution in [0.2, 0.25) is 0 Å². The van der Waals surface area contributed by atoms with Gasteiger partial charge in [-0.1, -0.05) is 6.07 Å². The predicted molar refractivity (Wildman–Crippen MR) is 91.5 cm³/mol. The lowest BCUT2D eigenvalue weighted by molar-refractivity contribution is -0.117. The minimum atomic E-state index is -0.628. The third-order valence-electron chi connectivity index (χ3n) is 4.95. The molecule has 1 saturated heterocycles. The lowest BCUT2D eigenvalue weighted by Crippen LogP contribution is -2.21. The lowest BCUT2D eigenvalue weighted by atomic mass is 10.1. The summed E-state index contributed by atoms with van der Waals surface area (Å²) in [5.41, 5.74) is 1.19. The van der Waals surface area contributed by atoms with Crippen LogP contribution in [0.3, 0.4) is 0 Å². The van der Waals surface area contributed by atoms with Crippen molar-refractivity contribution in [2.45, 2.75) is 25.2 Å². The Morgan fingerprint density at radius 2 is 1.92 bits per heavy atom. The van der Waals surface area contributed by atoms with E-state index in [1.54, 1.807) is 17.3 Å². The van der Waals surface area contributed by atoms with Crippen molar-refractivity contribution in [2.24, 2.45) is 5.92 Å². The van der Waals surface area contributed by atoms with E-state index in [0.717, 1.165) is 24.8 Å². The van der Waals surface area contributed by atoms with E-state index in [9.17, 15) is 13.6 Å². The highest BCUT2D eigenvalue weighted by molar-refractivity contribution is 5.95. The van der Waals surface area contributed by atoms with Crippen molar-refractivity contribution in [3.8, 4) is 0 Å². The molecule has 6 heteroatoms. The number of benzene rings is 1. The van der Waals surface area contributed by atoms with Crippen LogP contribution >= 0.6 is 0 Å². The van der Waals surface area contributed by atoms with Crippen LogP contribution in [0, 0.1) is 17.6 Å². The SMILES string of the molecule is O=C(Nc1cc(F)c(N2CCCC2)c(F)c1)[C@H]1C[C@H]1c1cccnc1. The van der Waals surface area contributed by atoms with Crippen molar-refractivity contribution in [2.75, 3.05) is 23.3 Å². The molecule has 0 spiro atoms. The number of nitrogens with zero attached hydrogens (tertiary/aromatic N) is 2. The van der Waals surface area contributed by atoms with E-state index in [1.165, 1.54) is 12.1 Å². The summed E-state index contributed by atoms with van der Waals surface area (Å²) >= 11 is 0. The monoisotopic (exact) mass is 343 g/mol. The smallest absolute Gasteiger partial charge is 0.228 e. The molecule has 0 bridgehead atoms. The first kappa shape index (κ1) is 16.0. The quantitative estimate of drug-likeness (QED) is 0.921. The minimum absolute atomic E-state index is 0.00940. The van der Waals surface area contributed by atoms with Gasteiger partial charge in [0.1, 0.15) is 5.69 Å². The van der Waals surface area contributed by atoms with Gasteiger partial charge in [-0.2, -0.15) is 0 Å². The first-order valence-corrected chi connectivity index (χ1v) is 8.58. The third-order valence-corrected chi connectivity index (χ3v) is 4.95. The van der Waals surface area contributed by atoms with E-state index < -0.39 is 11.6 Å². The van der Waals surface area contributed by atoms with Crippen molar-refractivity contribution in [1.29, 1.82) is 0 Å². The van der Waals surface area contributed by atoms with Crippen molar-refractivity contribution in [3.05, 3.63) is 53.9 Å². The van der Waals surface area contributed by atoms with Crippen molar-refractivity contribution in [1.82, 2.24) is 4.98 Å². The molecule has 2 heterocycles. The molecular formula is C19H19F2N3O. The summed E-state index contributed by atoms with van der Waals surface area (Å²) in [6.07, 6.45) is 6.05. The molecule has 1 aliphatic heterocycles. The van der Waals surface area contributed by atoms with Crippen molar-refractivity contribution >= 4 is 17.3 Å². The fourth-order valence-electron chi connectivity index (χ4n) is 3.56. The average molecular weight is 343 g/mol. The van der Waals surface area contributed by atoms with Gasteiger partial charge in [0.25, 0.3) is 0 Å². The second kappa shape index (κ2) is 6.43. The minimum Gasteiger partial charge on any atom is -0.367 e. The maximum absolute atomic E-state index is 14.3. The van der Waals surface area contributed by atoms with Gasteiger partial charge in [-0.05, 0) is 48.9 Å². The molecule has 1 aromatic heterocycles. The summed E-state index contributed by atoms with van der Waals surface area (Å²) in [6.45, 7) is 1.32. The standard InChI is InChI=1S/C19H19F2N3O/c20-16-8-13(9-17(21)18(16)24-6-1-2-7-24)23-19(25)15-10-14(15)12-4-3-5-22-11-12/h3-5,8-9,11,14-15H,1-2,6-7,10H2,(H,23,25)/t14-,15-/m0/s1. The Morgan fingerprint density at radius 3 is 2.56 bits per heavy atom. The van der Waals surface area contributed by atoms with E-state index in [2.05, 4.69) is 10.3 Å². The number of pyridine rings is 1. The molecule has 2 aromatic rings. The Balaban J connectivity index is 1.45. The van der Waals surface area contributed by atoms with Gasteiger partial charge in [-0.25, -0.2) is 8.78 Å². The predicted octanol–water partition coefficient (Wildman–Crippen LogP) is 3.70. The highest BCUT2D eigenvalue weighted by Crippen LogP contribution is 2.47. The maximum atomic E-state index is 14.3. The molecule has 1 N–H and O–H groups in total. The van der Waals surface area contributed by atoms with Gasteiger partial charge in [-0.15, -0.1) is 0 Å². The molecule has 2 fully saturated rings. The highest BCUT2D eigenvalue weighted by atomic mass is 19.1. The number of aromatic nitrogens is 1. The number of carbonyl (C=O) groups is 1. The molecule has 4 nitrogen and oxygen atoms in total. The van der Waals surface area contributed by atoms with E-state index in [1.807, 2.05) is 12.1 Å². The Labute approximate surface area is 144 Å². The molecular weight excluding hydrogens is 324 g/mol. The summed E-state index contributed by atoms with van der Waals surface area (Å²) in [5.74, 6) is -1.50. The van der Waals surface area contributed by atoms with Crippen molar-refractivity contribution < 1.29 is 13.6 Å². The van der Waals surface area contributed by atoms with Crippen LogP contribution < -0.4 is 10.2 Å². The molecule has 1 aromatic carbocycles. The first-order chi connectivity index (χ1) is 12.1. The first-order valence-electron chi connectivity index (χ1n) is 8.58. The summed E-state index contributed by atoms with van der Waals surface area (Å²) in [6, 6.07) is 6.19. The fraction of sp³-hybridized carbons (Fsp3) is 0.368. The van der Waals surface area contributed by atoms with Crippen LogP contribution in [0.25, 0.3) is 0 Å². The summed E-state index contributed by atoms with van der Waals surface area (Å²) < 4.78 is 28.7. The zero-order valence-corrected chi connectivity index (χ0v) is 13.7. The Kier molecular flexibility index (Phi) is 4.11. The van der Waals surface area contributed by atoms with Gasteiger partial charge in [0.2, 0.25) is 5.91 Å². The van der Waals surface area contributed by atoms with Crippen LogP contribution in [-0.4, -0.2) is 24.0 Å². The largest absolute Gasteiger partial charge is 0.367 e. The zero-order valence-electron chi connectivity index (χ0n) is 13.7. The third kappa shape index (κ3) is 3.21. The van der Waals surface area contributed by atoms with Crippen LogP contribution in [0.5, 0.6) is 0 Å². The summed E-state index contributed by atoms with van der Waals surface area (Å²) in [5, 5.41) is 2.65. The van der Waals surface area contributed by atoms with Crippen LogP contribution in [-0.2, 0) is 4.79 Å². The molecule has 2 atom stereocenters. The Morgan fingerprint density at radius 1 is 1.20 bits per heavy atom. The summed E-state index contributed by atoms with van der Waals surface area (Å²) in [7, 11) is 0. The molecule has 130 valence electrons. The van der Waals surface area contributed by atoms with Crippen molar-refractivity contribution in [3.63, 3.8) is 0 Å². The number of nitrogens with one attached hydrogen (secondary N) is 1. The van der Waals surface area contributed by atoms with E-state index in [-0.39, 0.29) is 29.1 Å². The maximum Gasteiger partial charge on any atom is 0.228 e. The van der Waals surface area contributed by atoms with Crippen LogP contribution in [0.4, 0.5) is 20.2 Å². The molecule has 2 aliphatic rings. The highest BCUT2D eigenvalue weighted by Gasteiger charge is 2.44. The average Bonchev–Trinajstić information content (AvgIpc) is 3.23. The van der Waals surface area contributed by atoms with E-state index >= 15 is 0 Å². The number of rotatable bonds is 4. The van der Waals surface area contributed by atoms with Crippen LogP contribution in [0.15, 0.2) is 36.7 Å². The number of hydrogen-bond acceptors (Lipinski definition) is 3. The van der Waals surface area contributed by atoms with Gasteiger partial charge in [-0.3, -0.25) is 9.78 Å². The molecule has 0 unspecified atom stereocenters. The molecule has 1 saturated carbocycles. The number of anilines is 2. The number of amides is 1. The second-order valence-corrected chi connectivity index (χ2v) is 6.71. The molecule has 4 rings (SSSR count). The second-order valence-electron chi connectivity index (χ2n) is 6.71. The number of halogens is 2. The Bertz CT molecular complexity index is 768. The fourth-order valence-corrected chi connectivity index (χ4v) is 3.56. The van der Waals surface area contributed by atoms with Gasteiger partial charge >= 0.3 is 0 Å². The molecule has 1 aliphatic carbocycles. The number of carbonyl (C=O) groups excluding carboxylic acids is 1. The van der Waals surface area contributed by atoms with Gasteiger partial charge in [0.15, 0.2) is 11.6 Å². The topological polar surface area (TPSA) is 45.2 Å². The number of hydrogen-bond donors (Lipinski definition) is 1. The van der Waals surface area contributed by atoms with Gasteiger partial charge in [0, 0.05) is 37.1 Å². The molecule has 0 radical (unpaired) electrons. The van der Waals surface area contributed by atoms with Crippen LogP contribution in [0.1, 0.15) is 30.7 Å². The van der Waals surface area contributed by atoms with Gasteiger partial charge < -0.3 is 10.2 Å². The molecule has 1 amide bonds. The normalized spacial score (nSPS) is 22.1. The van der Waals surface area contributed by atoms with E-state index in [0.29, 0.717) is 13.1 Å². The molecule has 25 heavy (non-hydrogen) atoms. The summed E-state index contributed by atoms with van der Waals surface area (Å²) in [4.78, 5) is 18.1.